The van der Waals surface area contributed by atoms with Gasteiger partial charge in [-0.3, -0.25) is 4.79 Å². The summed E-state index contributed by atoms with van der Waals surface area (Å²) in [4.78, 5) is 13.4. The van der Waals surface area contributed by atoms with Crippen molar-refractivity contribution in [1.29, 1.82) is 0 Å². The quantitative estimate of drug-likeness (QED) is 0.671. The van der Waals surface area contributed by atoms with Crippen molar-refractivity contribution in [3.05, 3.63) is 0 Å². The zero-order chi connectivity index (χ0) is 10.7. The Morgan fingerprint density at radius 2 is 2.36 bits per heavy atom. The molecule has 4 heteroatoms. The summed E-state index contributed by atoms with van der Waals surface area (Å²) in [6.45, 7) is 5.10. The van der Waals surface area contributed by atoms with E-state index in [0.29, 0.717) is 19.5 Å². The minimum absolute atomic E-state index is 0.0177. The number of rotatable bonds is 3. The summed E-state index contributed by atoms with van der Waals surface area (Å²) in [6.07, 6.45) is 1.23. The van der Waals surface area contributed by atoms with E-state index in [2.05, 4.69) is 0 Å². The van der Waals surface area contributed by atoms with Crippen LogP contribution in [0.4, 0.5) is 0 Å². The van der Waals surface area contributed by atoms with Crippen molar-refractivity contribution in [3.63, 3.8) is 0 Å². The normalized spacial score (nSPS) is 26.3. The van der Waals surface area contributed by atoms with Crippen LogP contribution in [0.25, 0.3) is 0 Å². The first-order valence-corrected chi connectivity index (χ1v) is 5.28. The van der Waals surface area contributed by atoms with Crippen LogP contribution in [0.1, 0.15) is 26.7 Å². The number of aliphatic hydroxyl groups is 1. The number of nitrogens with two attached hydrogens (primary N) is 1. The van der Waals surface area contributed by atoms with Crippen molar-refractivity contribution < 1.29 is 9.90 Å². The minimum atomic E-state index is -0.412. The van der Waals surface area contributed by atoms with Gasteiger partial charge in [0.15, 0.2) is 0 Å². The molecule has 1 aliphatic heterocycles. The molecule has 1 saturated heterocycles. The third kappa shape index (κ3) is 2.45. The van der Waals surface area contributed by atoms with Crippen molar-refractivity contribution in [1.82, 2.24) is 4.90 Å². The van der Waals surface area contributed by atoms with Gasteiger partial charge in [-0.25, -0.2) is 0 Å². The molecule has 1 aliphatic rings. The number of carbonyl (C=O) groups excluding carboxylic acids is 1. The molecule has 0 bridgehead atoms. The zero-order valence-electron chi connectivity index (χ0n) is 8.94. The number of amides is 1. The van der Waals surface area contributed by atoms with Gasteiger partial charge in [0.05, 0.1) is 12.1 Å². The van der Waals surface area contributed by atoms with Gasteiger partial charge in [0.1, 0.15) is 0 Å². The third-order valence-electron chi connectivity index (χ3n) is 3.02. The van der Waals surface area contributed by atoms with E-state index in [0.717, 1.165) is 6.42 Å². The fourth-order valence-corrected chi connectivity index (χ4v) is 1.65. The molecule has 3 N–H and O–H groups in total. The molecule has 1 fully saturated rings. The fraction of sp³-hybridized carbons (Fsp3) is 0.900. The van der Waals surface area contributed by atoms with Gasteiger partial charge in [0, 0.05) is 13.1 Å². The minimum Gasteiger partial charge on any atom is -0.391 e. The predicted molar refractivity (Wildman–Crippen MR) is 54.6 cm³/mol. The lowest BCUT2D eigenvalue weighted by Gasteiger charge is -2.23. The maximum atomic E-state index is 11.8. The topological polar surface area (TPSA) is 66.6 Å². The zero-order valence-corrected chi connectivity index (χ0v) is 8.94. The van der Waals surface area contributed by atoms with E-state index < -0.39 is 6.04 Å². The molecular weight excluding hydrogens is 180 g/mol. The van der Waals surface area contributed by atoms with Crippen LogP contribution in [-0.2, 0) is 4.79 Å². The molecule has 0 aromatic rings. The molecule has 0 aromatic carbocycles. The molecule has 4 nitrogen and oxygen atoms in total. The van der Waals surface area contributed by atoms with Crippen LogP contribution in [0.3, 0.4) is 0 Å². The van der Waals surface area contributed by atoms with Crippen LogP contribution >= 0.6 is 0 Å². The summed E-state index contributed by atoms with van der Waals surface area (Å²) in [6, 6.07) is -0.412. The number of hydrogen-bond acceptors (Lipinski definition) is 3. The van der Waals surface area contributed by atoms with Gasteiger partial charge in [-0.05, 0) is 12.3 Å². The fourth-order valence-electron chi connectivity index (χ4n) is 1.65. The Kier molecular flexibility index (Phi) is 3.89. The van der Waals surface area contributed by atoms with E-state index in [-0.39, 0.29) is 17.9 Å². The highest BCUT2D eigenvalue weighted by Gasteiger charge is 2.29. The van der Waals surface area contributed by atoms with Gasteiger partial charge in [-0.15, -0.1) is 0 Å². The van der Waals surface area contributed by atoms with Crippen LogP contribution < -0.4 is 5.73 Å². The van der Waals surface area contributed by atoms with E-state index in [9.17, 15) is 9.90 Å². The highest BCUT2D eigenvalue weighted by atomic mass is 16.3. The first-order valence-electron chi connectivity index (χ1n) is 5.28. The molecular formula is C10H20N2O2. The Morgan fingerprint density at radius 1 is 1.71 bits per heavy atom. The van der Waals surface area contributed by atoms with Crippen LogP contribution in [-0.4, -0.2) is 41.1 Å². The molecule has 1 heterocycles. The predicted octanol–water partition coefficient (Wildman–Crippen LogP) is -0.0470. The van der Waals surface area contributed by atoms with Gasteiger partial charge in [0.2, 0.25) is 5.91 Å². The molecule has 14 heavy (non-hydrogen) atoms. The van der Waals surface area contributed by atoms with Crippen LogP contribution in [0.15, 0.2) is 0 Å². The molecule has 0 aromatic heterocycles. The van der Waals surface area contributed by atoms with Gasteiger partial charge >= 0.3 is 0 Å². The molecule has 3 atom stereocenters. The Hall–Kier alpha value is -0.610. The van der Waals surface area contributed by atoms with E-state index >= 15 is 0 Å². The smallest absolute Gasteiger partial charge is 0.239 e. The van der Waals surface area contributed by atoms with Crippen molar-refractivity contribution >= 4 is 5.91 Å². The maximum absolute atomic E-state index is 11.8. The standard InChI is InChI=1S/C10H20N2O2/c1-3-7(2)9(11)10(14)12-5-4-8(13)6-12/h7-9,13H,3-6,11H2,1-2H3/t7-,8-,9-/m0/s1. The lowest BCUT2D eigenvalue weighted by Crippen LogP contribution is -2.46. The van der Waals surface area contributed by atoms with Crippen molar-refractivity contribution in [3.8, 4) is 0 Å². The molecule has 82 valence electrons. The summed E-state index contributed by atoms with van der Waals surface area (Å²) < 4.78 is 0. The number of carbonyl (C=O) groups is 1. The van der Waals surface area contributed by atoms with Crippen molar-refractivity contribution in [2.45, 2.75) is 38.8 Å². The number of likely N-dealkylation sites (tertiary alicyclic amines) is 1. The molecule has 0 saturated carbocycles. The van der Waals surface area contributed by atoms with Crippen molar-refractivity contribution in [2.24, 2.45) is 11.7 Å². The first kappa shape index (κ1) is 11.5. The summed E-state index contributed by atoms with van der Waals surface area (Å²) in [5.41, 5.74) is 5.82. The molecule has 0 aliphatic carbocycles. The van der Waals surface area contributed by atoms with Crippen LogP contribution in [0.2, 0.25) is 0 Å². The number of β-amino-alcohol motifs (C(OH)–C–C–N with tert-alkyl or cyclic N) is 1. The summed E-state index contributed by atoms with van der Waals surface area (Å²) in [5, 5.41) is 9.29. The molecule has 0 radical (unpaired) electrons. The van der Waals surface area contributed by atoms with Gasteiger partial charge < -0.3 is 15.7 Å². The average Bonchev–Trinajstić information content (AvgIpc) is 2.61. The summed E-state index contributed by atoms with van der Waals surface area (Å²) >= 11 is 0. The van der Waals surface area contributed by atoms with Crippen LogP contribution in [0.5, 0.6) is 0 Å². The second-order valence-electron chi connectivity index (χ2n) is 4.14. The van der Waals surface area contributed by atoms with Gasteiger partial charge in [-0.2, -0.15) is 0 Å². The Bertz CT molecular complexity index is 204. The maximum Gasteiger partial charge on any atom is 0.239 e. The van der Waals surface area contributed by atoms with Gasteiger partial charge in [-0.1, -0.05) is 20.3 Å². The summed E-state index contributed by atoms with van der Waals surface area (Å²) in [5.74, 6) is 0.191. The van der Waals surface area contributed by atoms with E-state index in [1.165, 1.54) is 0 Å². The number of aliphatic hydroxyl groups excluding tert-OH is 1. The number of hydrogen-bond donors (Lipinski definition) is 2. The Labute approximate surface area is 85.1 Å². The number of nitrogens with zero attached hydrogens (tertiary/aromatic N) is 1. The average molecular weight is 200 g/mol. The molecule has 1 rings (SSSR count). The highest BCUT2D eigenvalue weighted by Crippen LogP contribution is 2.14. The molecule has 1 amide bonds. The largest absolute Gasteiger partial charge is 0.391 e. The highest BCUT2D eigenvalue weighted by molar-refractivity contribution is 5.82. The second kappa shape index (κ2) is 4.75. The Balaban J connectivity index is 2.48. The molecule has 0 unspecified atom stereocenters. The molecule has 0 spiro atoms. The van der Waals surface area contributed by atoms with Crippen LogP contribution in [0, 0.1) is 5.92 Å². The van der Waals surface area contributed by atoms with E-state index in [1.807, 2.05) is 13.8 Å². The van der Waals surface area contributed by atoms with E-state index in [1.54, 1.807) is 4.90 Å². The van der Waals surface area contributed by atoms with E-state index in [4.69, 9.17) is 5.73 Å². The Morgan fingerprint density at radius 3 is 2.79 bits per heavy atom. The third-order valence-corrected chi connectivity index (χ3v) is 3.02. The SMILES string of the molecule is CC[C@H](C)[C@H](N)C(=O)N1CC[C@H](O)C1. The monoisotopic (exact) mass is 200 g/mol. The second-order valence-corrected chi connectivity index (χ2v) is 4.14. The van der Waals surface area contributed by atoms with Crippen molar-refractivity contribution in [2.75, 3.05) is 13.1 Å². The van der Waals surface area contributed by atoms with Gasteiger partial charge in [0.25, 0.3) is 0 Å². The first-order chi connectivity index (χ1) is 6.56. The summed E-state index contributed by atoms with van der Waals surface area (Å²) in [7, 11) is 0. The lowest BCUT2D eigenvalue weighted by molar-refractivity contribution is -0.133. The lowest BCUT2D eigenvalue weighted by atomic mass is 9.99.